The molecule has 0 unspecified atom stereocenters. The third kappa shape index (κ3) is 2.88. The first-order valence-electron chi connectivity index (χ1n) is 4.73. The van der Waals surface area contributed by atoms with Crippen molar-refractivity contribution < 1.29 is 9.90 Å². The number of aromatic amines is 1. The predicted molar refractivity (Wildman–Crippen MR) is 59.5 cm³/mol. The quantitative estimate of drug-likeness (QED) is 0.521. The van der Waals surface area contributed by atoms with Crippen LogP contribution in [0, 0.1) is 0 Å². The maximum Gasteiger partial charge on any atom is 0.308 e. The number of aromatic hydroxyl groups is 1. The molecular formula is C10H9N5O2. The summed E-state index contributed by atoms with van der Waals surface area (Å²) in [5, 5.41) is 18.9. The summed E-state index contributed by atoms with van der Waals surface area (Å²) in [5.41, 5.74) is 2.94. The Morgan fingerprint density at radius 2 is 2.41 bits per heavy atom. The highest BCUT2D eigenvalue weighted by Gasteiger charge is 2.05. The standard InChI is InChI=1S/C10H9N5O2/c16-8-3-1-2-7(4-8)5-12-15-10(17)9-11-6-13-14-9/h1-6,16H,(H,15,17)(H,11,13,14). The number of benzene rings is 1. The van der Waals surface area contributed by atoms with Crippen LogP contribution in [0.25, 0.3) is 0 Å². The maximum absolute atomic E-state index is 11.4. The van der Waals surface area contributed by atoms with Gasteiger partial charge in [-0.15, -0.1) is 0 Å². The molecule has 0 atom stereocenters. The first-order valence-corrected chi connectivity index (χ1v) is 4.73. The number of aromatic nitrogens is 3. The number of H-pyrrole nitrogens is 1. The lowest BCUT2D eigenvalue weighted by Crippen LogP contribution is -2.19. The van der Waals surface area contributed by atoms with Gasteiger partial charge in [-0.1, -0.05) is 12.1 Å². The first-order chi connectivity index (χ1) is 8.25. The van der Waals surface area contributed by atoms with Crippen molar-refractivity contribution in [3.05, 3.63) is 42.0 Å². The zero-order valence-electron chi connectivity index (χ0n) is 8.66. The van der Waals surface area contributed by atoms with Crippen LogP contribution in [-0.2, 0) is 0 Å². The van der Waals surface area contributed by atoms with Gasteiger partial charge in [0.1, 0.15) is 12.1 Å². The van der Waals surface area contributed by atoms with Crippen LogP contribution in [0.2, 0.25) is 0 Å². The summed E-state index contributed by atoms with van der Waals surface area (Å²) < 4.78 is 0. The summed E-state index contributed by atoms with van der Waals surface area (Å²) in [6.07, 6.45) is 2.64. The van der Waals surface area contributed by atoms with Crippen molar-refractivity contribution in [2.45, 2.75) is 0 Å². The van der Waals surface area contributed by atoms with Crippen LogP contribution in [0.5, 0.6) is 5.75 Å². The largest absolute Gasteiger partial charge is 0.508 e. The highest BCUT2D eigenvalue weighted by Crippen LogP contribution is 2.08. The Bertz CT molecular complexity index is 535. The SMILES string of the molecule is O=C(NN=Cc1cccc(O)c1)c1ncn[nH]1. The number of phenols is 1. The Labute approximate surface area is 96.2 Å². The fourth-order valence-corrected chi connectivity index (χ4v) is 1.14. The van der Waals surface area contributed by atoms with E-state index in [0.29, 0.717) is 5.56 Å². The molecule has 0 radical (unpaired) electrons. The van der Waals surface area contributed by atoms with Crippen LogP contribution in [-0.4, -0.2) is 32.4 Å². The molecule has 1 heterocycles. The molecule has 7 nitrogen and oxygen atoms in total. The molecule has 17 heavy (non-hydrogen) atoms. The molecule has 86 valence electrons. The summed E-state index contributed by atoms with van der Waals surface area (Å²) >= 11 is 0. The molecule has 1 aromatic heterocycles. The van der Waals surface area contributed by atoms with Gasteiger partial charge in [0.15, 0.2) is 0 Å². The minimum atomic E-state index is -0.487. The zero-order valence-corrected chi connectivity index (χ0v) is 8.66. The van der Waals surface area contributed by atoms with Gasteiger partial charge >= 0.3 is 5.91 Å². The highest BCUT2D eigenvalue weighted by atomic mass is 16.3. The Morgan fingerprint density at radius 3 is 3.12 bits per heavy atom. The predicted octanol–water partition coefficient (Wildman–Crippen LogP) is 0.274. The second-order valence-corrected chi connectivity index (χ2v) is 3.13. The van der Waals surface area contributed by atoms with Crippen molar-refractivity contribution in [2.75, 3.05) is 0 Å². The van der Waals surface area contributed by atoms with Crippen molar-refractivity contribution in [1.82, 2.24) is 20.6 Å². The fraction of sp³-hybridized carbons (Fsp3) is 0. The van der Waals surface area contributed by atoms with E-state index in [9.17, 15) is 9.90 Å². The van der Waals surface area contributed by atoms with Gasteiger partial charge in [0.2, 0.25) is 5.82 Å². The van der Waals surface area contributed by atoms with Crippen molar-refractivity contribution in [2.24, 2.45) is 5.10 Å². The van der Waals surface area contributed by atoms with E-state index in [-0.39, 0.29) is 11.6 Å². The van der Waals surface area contributed by atoms with Crippen LogP contribution in [0.1, 0.15) is 16.2 Å². The van der Waals surface area contributed by atoms with Crippen molar-refractivity contribution in [1.29, 1.82) is 0 Å². The Morgan fingerprint density at radius 1 is 1.53 bits per heavy atom. The number of phenolic OH excluding ortho intramolecular Hbond substituents is 1. The lowest BCUT2D eigenvalue weighted by molar-refractivity contribution is 0.0945. The summed E-state index contributed by atoms with van der Waals surface area (Å²) in [7, 11) is 0. The highest BCUT2D eigenvalue weighted by molar-refractivity contribution is 5.91. The number of nitrogens with one attached hydrogen (secondary N) is 2. The average molecular weight is 231 g/mol. The van der Waals surface area contributed by atoms with E-state index in [0.717, 1.165) is 0 Å². The molecule has 0 aliphatic rings. The van der Waals surface area contributed by atoms with E-state index in [1.54, 1.807) is 18.2 Å². The number of hydrogen-bond acceptors (Lipinski definition) is 5. The fourth-order valence-electron chi connectivity index (χ4n) is 1.14. The summed E-state index contributed by atoms with van der Waals surface area (Å²) in [6, 6.07) is 6.48. The Hall–Kier alpha value is -2.70. The molecule has 1 aromatic carbocycles. The topological polar surface area (TPSA) is 103 Å². The van der Waals surface area contributed by atoms with Gasteiger partial charge in [-0.25, -0.2) is 10.4 Å². The van der Waals surface area contributed by atoms with E-state index in [1.807, 2.05) is 0 Å². The summed E-state index contributed by atoms with van der Waals surface area (Å²) in [5.74, 6) is -0.271. The van der Waals surface area contributed by atoms with Gasteiger partial charge in [-0.05, 0) is 17.7 Å². The molecule has 0 saturated carbocycles. The lowest BCUT2D eigenvalue weighted by Gasteiger charge is -1.95. The van der Waals surface area contributed by atoms with E-state index < -0.39 is 5.91 Å². The number of amides is 1. The molecule has 2 rings (SSSR count). The Kier molecular flexibility index (Phi) is 3.10. The van der Waals surface area contributed by atoms with Crippen molar-refractivity contribution >= 4 is 12.1 Å². The van der Waals surface area contributed by atoms with Crippen molar-refractivity contribution in [3.8, 4) is 5.75 Å². The van der Waals surface area contributed by atoms with Crippen LogP contribution < -0.4 is 5.43 Å². The second kappa shape index (κ2) is 4.88. The molecule has 0 aliphatic heterocycles. The van der Waals surface area contributed by atoms with E-state index in [1.165, 1.54) is 18.6 Å². The molecule has 0 fully saturated rings. The molecule has 2 aromatic rings. The van der Waals surface area contributed by atoms with Gasteiger partial charge < -0.3 is 5.11 Å². The monoisotopic (exact) mass is 231 g/mol. The maximum atomic E-state index is 11.4. The number of rotatable bonds is 3. The molecule has 0 spiro atoms. The molecule has 0 saturated heterocycles. The third-order valence-corrected chi connectivity index (χ3v) is 1.88. The van der Waals surface area contributed by atoms with Crippen LogP contribution in [0.3, 0.4) is 0 Å². The average Bonchev–Trinajstić information content (AvgIpc) is 2.82. The second-order valence-electron chi connectivity index (χ2n) is 3.13. The minimum Gasteiger partial charge on any atom is -0.508 e. The molecule has 1 amide bonds. The zero-order chi connectivity index (χ0) is 12.1. The van der Waals surface area contributed by atoms with Gasteiger partial charge in [-0.3, -0.25) is 9.89 Å². The smallest absolute Gasteiger partial charge is 0.308 e. The van der Waals surface area contributed by atoms with Crippen molar-refractivity contribution in [3.63, 3.8) is 0 Å². The van der Waals surface area contributed by atoms with Gasteiger partial charge in [0.25, 0.3) is 0 Å². The first kappa shape index (κ1) is 10.8. The number of hydrazone groups is 1. The molecule has 7 heteroatoms. The van der Waals surface area contributed by atoms with Crippen LogP contribution in [0.15, 0.2) is 35.7 Å². The van der Waals surface area contributed by atoms with Gasteiger partial charge in [0.05, 0.1) is 6.21 Å². The molecular weight excluding hydrogens is 222 g/mol. The van der Waals surface area contributed by atoms with Crippen LogP contribution >= 0.6 is 0 Å². The Balaban J connectivity index is 1.96. The summed E-state index contributed by atoms with van der Waals surface area (Å²) in [4.78, 5) is 15.0. The van der Waals surface area contributed by atoms with Crippen LogP contribution in [0.4, 0.5) is 0 Å². The molecule has 0 aliphatic carbocycles. The van der Waals surface area contributed by atoms with Gasteiger partial charge in [0, 0.05) is 0 Å². The van der Waals surface area contributed by atoms with Gasteiger partial charge in [-0.2, -0.15) is 10.2 Å². The molecule has 3 N–H and O–H groups in total. The number of nitrogens with zero attached hydrogens (tertiary/aromatic N) is 3. The minimum absolute atomic E-state index is 0.0815. The molecule has 0 bridgehead atoms. The van der Waals surface area contributed by atoms with E-state index >= 15 is 0 Å². The normalized spacial score (nSPS) is 10.6. The lowest BCUT2D eigenvalue weighted by atomic mass is 10.2. The summed E-state index contributed by atoms with van der Waals surface area (Å²) in [6.45, 7) is 0. The van der Waals surface area contributed by atoms with E-state index in [4.69, 9.17) is 0 Å². The number of carbonyl (C=O) groups is 1. The number of hydrogen-bond donors (Lipinski definition) is 3. The number of carbonyl (C=O) groups excluding carboxylic acids is 1. The van der Waals surface area contributed by atoms with E-state index in [2.05, 4.69) is 25.7 Å². The third-order valence-electron chi connectivity index (χ3n) is 1.88.